The van der Waals surface area contributed by atoms with E-state index in [0.29, 0.717) is 18.2 Å². The van der Waals surface area contributed by atoms with E-state index in [2.05, 4.69) is 41.7 Å². The highest BCUT2D eigenvalue weighted by molar-refractivity contribution is 6.02. The van der Waals surface area contributed by atoms with Crippen molar-refractivity contribution in [1.29, 1.82) is 0 Å². The lowest BCUT2D eigenvalue weighted by Gasteiger charge is -2.08. The van der Waals surface area contributed by atoms with Gasteiger partial charge >= 0.3 is 0 Å². The third-order valence-corrected chi connectivity index (χ3v) is 5.20. The molecule has 0 spiro atoms. The Morgan fingerprint density at radius 2 is 2.13 bits per heavy atom. The molecule has 30 heavy (non-hydrogen) atoms. The van der Waals surface area contributed by atoms with Crippen molar-refractivity contribution in [1.82, 2.24) is 35.0 Å². The first-order valence-electron chi connectivity index (χ1n) is 9.91. The van der Waals surface area contributed by atoms with Crippen molar-refractivity contribution >= 4 is 22.6 Å². The van der Waals surface area contributed by atoms with Gasteiger partial charge in [0.25, 0.3) is 0 Å². The molecular formula is C21H22N8O. The minimum atomic E-state index is 0.0302. The average molecular weight is 402 g/mol. The van der Waals surface area contributed by atoms with Crippen LogP contribution in [-0.2, 0) is 18.4 Å². The van der Waals surface area contributed by atoms with Gasteiger partial charge in [0.05, 0.1) is 16.9 Å². The number of nitrogens with one attached hydrogen (secondary N) is 3. The van der Waals surface area contributed by atoms with Crippen LogP contribution in [0.15, 0.2) is 36.9 Å². The molecule has 4 heterocycles. The number of H-pyrrole nitrogens is 1. The third-order valence-electron chi connectivity index (χ3n) is 5.20. The van der Waals surface area contributed by atoms with Crippen molar-refractivity contribution in [3.05, 3.63) is 42.5 Å². The van der Waals surface area contributed by atoms with Crippen LogP contribution in [0.3, 0.4) is 0 Å². The summed E-state index contributed by atoms with van der Waals surface area (Å²) < 4.78 is 1.67. The first kappa shape index (κ1) is 18.4. The standard InChI is InChI=1S/C21H22N8O/c1-22-9-14-10-24-20(27-21(30)12-3-4-12)18-15(14)8-17(26-18)16-7-13(5-6-23-16)19-25-11-29(2)28-19/h5-8,10-12,22,26H,3-4,9H2,1-2H3,(H,24,27,30). The third kappa shape index (κ3) is 3.43. The molecule has 1 aliphatic rings. The summed E-state index contributed by atoms with van der Waals surface area (Å²) in [5.41, 5.74) is 4.34. The zero-order valence-electron chi connectivity index (χ0n) is 16.8. The molecule has 0 aliphatic heterocycles. The maximum Gasteiger partial charge on any atom is 0.228 e. The summed E-state index contributed by atoms with van der Waals surface area (Å²) in [5, 5.41) is 11.5. The molecule has 5 rings (SSSR count). The fraction of sp³-hybridized carbons (Fsp3) is 0.286. The number of aromatic nitrogens is 6. The lowest BCUT2D eigenvalue weighted by atomic mass is 10.1. The molecule has 1 amide bonds. The molecule has 0 unspecified atom stereocenters. The number of pyridine rings is 2. The van der Waals surface area contributed by atoms with Crippen LogP contribution < -0.4 is 10.6 Å². The molecule has 0 radical (unpaired) electrons. The Kier molecular flexibility index (Phi) is 4.51. The van der Waals surface area contributed by atoms with E-state index in [4.69, 9.17) is 0 Å². The maximum absolute atomic E-state index is 12.3. The number of aryl methyl sites for hydroxylation is 1. The van der Waals surface area contributed by atoms with Crippen LogP contribution >= 0.6 is 0 Å². The summed E-state index contributed by atoms with van der Waals surface area (Å²) in [6.45, 7) is 0.670. The minimum absolute atomic E-state index is 0.0302. The van der Waals surface area contributed by atoms with Gasteiger partial charge in [0.1, 0.15) is 6.33 Å². The van der Waals surface area contributed by atoms with Crippen LogP contribution in [0, 0.1) is 5.92 Å². The molecule has 1 aliphatic carbocycles. The normalized spacial score (nSPS) is 13.7. The van der Waals surface area contributed by atoms with Crippen LogP contribution in [0.4, 0.5) is 5.82 Å². The molecule has 1 saturated carbocycles. The van der Waals surface area contributed by atoms with Gasteiger partial charge in [-0.15, -0.1) is 0 Å². The van der Waals surface area contributed by atoms with Crippen molar-refractivity contribution in [3.63, 3.8) is 0 Å². The van der Waals surface area contributed by atoms with Crippen LogP contribution in [-0.4, -0.2) is 42.7 Å². The molecule has 0 bridgehead atoms. The second-order valence-electron chi connectivity index (χ2n) is 7.57. The van der Waals surface area contributed by atoms with Gasteiger partial charge in [-0.1, -0.05) is 0 Å². The van der Waals surface area contributed by atoms with Gasteiger partial charge in [-0.3, -0.25) is 14.5 Å². The van der Waals surface area contributed by atoms with E-state index in [-0.39, 0.29) is 11.8 Å². The Balaban J connectivity index is 1.57. The summed E-state index contributed by atoms with van der Waals surface area (Å²) >= 11 is 0. The molecule has 9 nitrogen and oxygen atoms in total. The van der Waals surface area contributed by atoms with Crippen molar-refractivity contribution < 1.29 is 4.79 Å². The monoisotopic (exact) mass is 402 g/mol. The molecule has 0 aromatic carbocycles. The number of hydrogen-bond donors (Lipinski definition) is 3. The molecule has 152 valence electrons. The second-order valence-corrected chi connectivity index (χ2v) is 7.57. The highest BCUT2D eigenvalue weighted by atomic mass is 16.2. The van der Waals surface area contributed by atoms with Gasteiger partial charge in [0.2, 0.25) is 5.91 Å². The summed E-state index contributed by atoms with van der Waals surface area (Å²) in [4.78, 5) is 29.1. The lowest BCUT2D eigenvalue weighted by Crippen LogP contribution is -2.15. The number of carbonyl (C=O) groups excluding carboxylic acids is 1. The predicted octanol–water partition coefficient (Wildman–Crippen LogP) is 2.49. The summed E-state index contributed by atoms with van der Waals surface area (Å²) in [7, 11) is 3.73. The molecule has 3 N–H and O–H groups in total. The van der Waals surface area contributed by atoms with E-state index in [9.17, 15) is 4.79 Å². The van der Waals surface area contributed by atoms with Crippen molar-refractivity contribution in [2.45, 2.75) is 19.4 Å². The van der Waals surface area contributed by atoms with E-state index in [1.807, 2.05) is 26.2 Å². The van der Waals surface area contributed by atoms with Crippen LogP contribution in [0.1, 0.15) is 18.4 Å². The number of amides is 1. The second kappa shape index (κ2) is 7.34. The summed E-state index contributed by atoms with van der Waals surface area (Å²) in [6.07, 6.45) is 7.11. The Labute approximate surface area is 173 Å². The quantitative estimate of drug-likeness (QED) is 0.457. The first-order chi connectivity index (χ1) is 14.6. The van der Waals surface area contributed by atoms with E-state index in [0.717, 1.165) is 46.3 Å². The zero-order valence-corrected chi connectivity index (χ0v) is 16.8. The Morgan fingerprint density at radius 1 is 1.27 bits per heavy atom. The number of hydrogen-bond acceptors (Lipinski definition) is 6. The van der Waals surface area contributed by atoms with E-state index in [1.165, 1.54) is 0 Å². The highest BCUT2D eigenvalue weighted by Gasteiger charge is 2.30. The van der Waals surface area contributed by atoms with E-state index < -0.39 is 0 Å². The smallest absolute Gasteiger partial charge is 0.228 e. The van der Waals surface area contributed by atoms with Gasteiger partial charge in [-0.05, 0) is 43.7 Å². The van der Waals surface area contributed by atoms with Crippen LogP contribution in [0.5, 0.6) is 0 Å². The first-order valence-corrected chi connectivity index (χ1v) is 9.91. The molecule has 0 atom stereocenters. The average Bonchev–Trinajstić information content (AvgIpc) is 3.36. The maximum atomic E-state index is 12.3. The molecule has 0 saturated heterocycles. The van der Waals surface area contributed by atoms with Gasteiger partial charge in [-0.25, -0.2) is 9.97 Å². The lowest BCUT2D eigenvalue weighted by molar-refractivity contribution is -0.117. The molecule has 1 fully saturated rings. The molecule has 9 heteroatoms. The number of rotatable bonds is 6. The molecular weight excluding hydrogens is 380 g/mol. The largest absolute Gasteiger partial charge is 0.350 e. The molecule has 4 aromatic heterocycles. The predicted molar refractivity (Wildman–Crippen MR) is 113 cm³/mol. The van der Waals surface area contributed by atoms with Crippen LogP contribution in [0.25, 0.3) is 33.7 Å². The zero-order chi connectivity index (χ0) is 20.7. The van der Waals surface area contributed by atoms with Gasteiger partial charge in [0, 0.05) is 42.9 Å². The number of fused-ring (bicyclic) bond motifs is 1. The number of carbonyl (C=O) groups is 1. The topological polar surface area (TPSA) is 113 Å². The van der Waals surface area contributed by atoms with Gasteiger partial charge in [0.15, 0.2) is 11.6 Å². The van der Waals surface area contributed by atoms with E-state index in [1.54, 1.807) is 23.4 Å². The number of nitrogens with zero attached hydrogens (tertiary/aromatic N) is 5. The fourth-order valence-electron chi connectivity index (χ4n) is 3.49. The van der Waals surface area contributed by atoms with Crippen molar-refractivity contribution in [3.8, 4) is 22.8 Å². The number of anilines is 1. The van der Waals surface area contributed by atoms with Crippen molar-refractivity contribution in [2.24, 2.45) is 13.0 Å². The highest BCUT2D eigenvalue weighted by Crippen LogP contribution is 2.33. The van der Waals surface area contributed by atoms with Crippen molar-refractivity contribution in [2.75, 3.05) is 12.4 Å². The fourth-order valence-corrected chi connectivity index (χ4v) is 3.49. The number of aromatic amines is 1. The minimum Gasteiger partial charge on any atom is -0.350 e. The Morgan fingerprint density at radius 3 is 2.87 bits per heavy atom. The summed E-state index contributed by atoms with van der Waals surface area (Å²) in [5.74, 6) is 1.34. The summed E-state index contributed by atoms with van der Waals surface area (Å²) in [6, 6.07) is 5.89. The van der Waals surface area contributed by atoms with E-state index >= 15 is 0 Å². The molecule has 4 aromatic rings. The van der Waals surface area contributed by atoms with Gasteiger partial charge in [-0.2, -0.15) is 5.10 Å². The Hall–Kier alpha value is -3.59. The van der Waals surface area contributed by atoms with Gasteiger partial charge < -0.3 is 15.6 Å². The van der Waals surface area contributed by atoms with Crippen LogP contribution in [0.2, 0.25) is 0 Å². The SMILES string of the molecule is CNCc1cnc(NC(=O)C2CC2)c2[nH]c(-c3cc(-c4ncn(C)n4)ccn3)cc12. The Bertz CT molecular complexity index is 1240.